The number of anilines is 1. The molecule has 0 aliphatic carbocycles. The van der Waals surface area contributed by atoms with Gasteiger partial charge >= 0.3 is 0 Å². The van der Waals surface area contributed by atoms with Crippen molar-refractivity contribution < 1.29 is 23.2 Å². The van der Waals surface area contributed by atoms with Gasteiger partial charge < -0.3 is 14.8 Å². The van der Waals surface area contributed by atoms with Crippen LogP contribution < -0.4 is 5.32 Å². The molecule has 19 heavy (non-hydrogen) atoms. The molecule has 0 radical (unpaired) electrons. The number of nitro benzene ring substituents is 1. The maximum atomic E-state index is 12.8. The number of non-ortho nitro benzene ring substituents is 1. The summed E-state index contributed by atoms with van der Waals surface area (Å²) in [5.74, 6) is 0. The smallest absolute Gasteiger partial charge is 0.270 e. The zero-order valence-electron chi connectivity index (χ0n) is 10.4. The molecule has 0 atom stereocenters. The van der Waals surface area contributed by atoms with Gasteiger partial charge in [-0.2, -0.15) is 0 Å². The lowest BCUT2D eigenvalue weighted by Gasteiger charge is -2.16. The molecule has 6 nitrogen and oxygen atoms in total. The van der Waals surface area contributed by atoms with Crippen molar-refractivity contribution in [3.63, 3.8) is 0 Å². The molecule has 1 aromatic rings. The largest absolute Gasteiger partial charge is 0.380 e. The van der Waals surface area contributed by atoms with E-state index in [2.05, 4.69) is 5.32 Å². The van der Waals surface area contributed by atoms with E-state index in [4.69, 9.17) is 9.47 Å². The van der Waals surface area contributed by atoms with Crippen LogP contribution in [0.15, 0.2) is 18.2 Å². The Kier molecular flexibility index (Phi) is 5.58. The summed E-state index contributed by atoms with van der Waals surface area (Å²) >= 11 is 0. The first kappa shape index (κ1) is 15.3. The second kappa shape index (κ2) is 6.95. The summed E-state index contributed by atoms with van der Waals surface area (Å²) < 4.78 is 35.5. The fourth-order valence-corrected chi connectivity index (χ4v) is 1.46. The molecule has 0 bridgehead atoms. The average Bonchev–Trinajstić information content (AvgIpc) is 2.39. The topological polar surface area (TPSA) is 73.6 Å². The van der Waals surface area contributed by atoms with E-state index in [9.17, 15) is 18.9 Å². The number of halogens is 2. The third-order valence-electron chi connectivity index (χ3n) is 2.47. The van der Waals surface area contributed by atoms with Crippen molar-refractivity contribution in [2.75, 3.05) is 26.1 Å². The van der Waals surface area contributed by atoms with Crippen LogP contribution in [0.4, 0.5) is 20.2 Å². The van der Waals surface area contributed by atoms with Crippen molar-refractivity contribution >= 4 is 11.4 Å². The molecule has 0 fully saturated rings. The maximum Gasteiger partial charge on any atom is 0.270 e. The molecule has 1 aromatic carbocycles. The Morgan fingerprint density at radius 2 is 2.00 bits per heavy atom. The van der Waals surface area contributed by atoms with Crippen LogP contribution in [-0.4, -0.2) is 32.0 Å². The van der Waals surface area contributed by atoms with E-state index >= 15 is 0 Å². The van der Waals surface area contributed by atoms with Gasteiger partial charge in [0.15, 0.2) is 6.29 Å². The van der Waals surface area contributed by atoms with Gasteiger partial charge in [0, 0.05) is 37.6 Å². The molecule has 0 heterocycles. The second-order valence-electron chi connectivity index (χ2n) is 3.61. The van der Waals surface area contributed by atoms with Gasteiger partial charge in [-0.1, -0.05) is 0 Å². The molecule has 0 saturated heterocycles. The van der Waals surface area contributed by atoms with Gasteiger partial charge in [0.1, 0.15) is 0 Å². The van der Waals surface area contributed by atoms with Gasteiger partial charge in [-0.3, -0.25) is 10.1 Å². The second-order valence-corrected chi connectivity index (χ2v) is 3.61. The molecule has 0 spiro atoms. The molecule has 0 aromatic heterocycles. The van der Waals surface area contributed by atoms with Crippen LogP contribution in [0.25, 0.3) is 0 Å². The van der Waals surface area contributed by atoms with E-state index in [0.29, 0.717) is 0 Å². The van der Waals surface area contributed by atoms with Crippen LogP contribution in [0, 0.1) is 10.1 Å². The molecule has 0 saturated carbocycles. The highest BCUT2D eigenvalue weighted by Gasteiger charge is 2.18. The van der Waals surface area contributed by atoms with Crippen LogP contribution >= 0.6 is 0 Å². The van der Waals surface area contributed by atoms with Crippen LogP contribution in [0.3, 0.4) is 0 Å². The minimum atomic E-state index is -2.81. The molecule has 1 N–H and O–H groups in total. The Morgan fingerprint density at radius 1 is 1.37 bits per heavy atom. The zero-order chi connectivity index (χ0) is 14.4. The molecule has 0 unspecified atom stereocenters. The number of methoxy groups -OCH3 is 2. The summed E-state index contributed by atoms with van der Waals surface area (Å²) in [6.07, 6.45) is -3.41. The number of nitro groups is 1. The first-order valence-electron chi connectivity index (χ1n) is 5.35. The lowest BCUT2D eigenvalue weighted by atomic mass is 10.1. The molecular weight excluding hydrogens is 262 g/mol. The monoisotopic (exact) mass is 276 g/mol. The third kappa shape index (κ3) is 4.11. The Labute approximate surface area is 108 Å². The molecule has 0 aliphatic heterocycles. The molecule has 1 rings (SSSR count). The predicted octanol–water partition coefficient (Wildman–Crippen LogP) is 2.56. The SMILES string of the molecule is COC(CNc1ccc([N+](=O)[O-])cc1C(F)F)OC. The fraction of sp³-hybridized carbons (Fsp3) is 0.455. The number of nitrogens with one attached hydrogen (secondary N) is 1. The summed E-state index contributed by atoms with van der Waals surface area (Å²) in [4.78, 5) is 9.83. The minimum absolute atomic E-state index is 0.111. The molecule has 0 aliphatic rings. The minimum Gasteiger partial charge on any atom is -0.380 e. The van der Waals surface area contributed by atoms with Crippen molar-refractivity contribution in [1.29, 1.82) is 0 Å². The molecular formula is C11H14F2N2O4. The molecule has 0 amide bonds. The predicted molar refractivity (Wildman–Crippen MR) is 64.3 cm³/mol. The zero-order valence-corrected chi connectivity index (χ0v) is 10.4. The first-order valence-corrected chi connectivity index (χ1v) is 5.35. The Bertz CT molecular complexity index is 439. The van der Waals surface area contributed by atoms with Crippen LogP contribution in [0.1, 0.15) is 12.0 Å². The number of hydrogen-bond acceptors (Lipinski definition) is 5. The third-order valence-corrected chi connectivity index (χ3v) is 2.47. The van der Waals surface area contributed by atoms with Crippen molar-refractivity contribution in [3.8, 4) is 0 Å². The van der Waals surface area contributed by atoms with E-state index in [1.807, 2.05) is 0 Å². The van der Waals surface area contributed by atoms with E-state index < -0.39 is 23.2 Å². The van der Waals surface area contributed by atoms with E-state index in [1.165, 1.54) is 20.3 Å². The van der Waals surface area contributed by atoms with Gasteiger partial charge in [0.05, 0.1) is 11.5 Å². The van der Waals surface area contributed by atoms with Crippen LogP contribution in [-0.2, 0) is 9.47 Å². The van der Waals surface area contributed by atoms with E-state index in [1.54, 1.807) is 0 Å². The fourth-order valence-electron chi connectivity index (χ4n) is 1.46. The normalized spacial score (nSPS) is 11.1. The van der Waals surface area contributed by atoms with Crippen molar-refractivity contribution in [2.24, 2.45) is 0 Å². The summed E-state index contributed by atoms with van der Waals surface area (Å²) in [6.45, 7) is 0.143. The lowest BCUT2D eigenvalue weighted by molar-refractivity contribution is -0.385. The maximum absolute atomic E-state index is 12.8. The summed E-state index contributed by atoms with van der Waals surface area (Å²) in [6, 6.07) is 3.24. The van der Waals surface area contributed by atoms with E-state index in [-0.39, 0.29) is 17.9 Å². The quantitative estimate of drug-likeness (QED) is 0.470. The highest BCUT2D eigenvalue weighted by molar-refractivity contribution is 5.56. The number of benzene rings is 1. The number of nitrogens with zero attached hydrogens (tertiary/aromatic N) is 1. The van der Waals surface area contributed by atoms with Gasteiger partial charge in [-0.05, 0) is 6.07 Å². The Morgan fingerprint density at radius 3 is 2.47 bits per heavy atom. The highest BCUT2D eigenvalue weighted by Crippen LogP contribution is 2.30. The van der Waals surface area contributed by atoms with Crippen molar-refractivity contribution in [1.82, 2.24) is 0 Å². The van der Waals surface area contributed by atoms with Gasteiger partial charge in [-0.15, -0.1) is 0 Å². The summed E-state index contributed by atoms with van der Waals surface area (Å²) in [5.41, 5.74) is -0.698. The van der Waals surface area contributed by atoms with Crippen LogP contribution in [0.2, 0.25) is 0 Å². The van der Waals surface area contributed by atoms with Crippen molar-refractivity contribution in [2.45, 2.75) is 12.7 Å². The van der Waals surface area contributed by atoms with Gasteiger partial charge in [0.2, 0.25) is 0 Å². The Balaban J connectivity index is 2.91. The number of rotatable bonds is 7. The summed E-state index contributed by atoms with van der Waals surface area (Å²) in [5, 5.41) is 13.3. The highest BCUT2D eigenvalue weighted by atomic mass is 19.3. The lowest BCUT2D eigenvalue weighted by Crippen LogP contribution is -2.24. The standard InChI is InChI=1S/C11H14F2N2O4/c1-18-10(19-2)6-14-9-4-3-7(15(16)17)5-8(9)11(12)13/h3-5,10-11,14H,6H2,1-2H3. The van der Waals surface area contributed by atoms with Gasteiger partial charge in [0.25, 0.3) is 12.1 Å². The van der Waals surface area contributed by atoms with Crippen molar-refractivity contribution in [3.05, 3.63) is 33.9 Å². The average molecular weight is 276 g/mol. The number of ether oxygens (including phenoxy) is 2. The molecule has 106 valence electrons. The first-order chi connectivity index (χ1) is 8.99. The molecule has 8 heteroatoms. The van der Waals surface area contributed by atoms with Crippen LogP contribution in [0.5, 0.6) is 0 Å². The number of alkyl halides is 2. The Hall–Kier alpha value is -1.80. The van der Waals surface area contributed by atoms with E-state index in [0.717, 1.165) is 12.1 Å². The summed E-state index contributed by atoms with van der Waals surface area (Å²) in [7, 11) is 2.83. The number of hydrogen-bond donors (Lipinski definition) is 1. The van der Waals surface area contributed by atoms with Gasteiger partial charge in [-0.25, -0.2) is 8.78 Å².